The third kappa shape index (κ3) is 4.09. The van der Waals surface area contributed by atoms with E-state index in [0.717, 1.165) is 25.6 Å². The Morgan fingerprint density at radius 1 is 1.10 bits per heavy atom. The molecule has 0 bridgehead atoms. The molecule has 0 radical (unpaired) electrons. The van der Waals surface area contributed by atoms with Gasteiger partial charge in [0.05, 0.1) is 0 Å². The lowest BCUT2D eigenvalue weighted by molar-refractivity contribution is 0.266. The van der Waals surface area contributed by atoms with Gasteiger partial charge in [0.25, 0.3) is 0 Å². The first-order valence-electron chi connectivity index (χ1n) is 8.13. The van der Waals surface area contributed by atoms with Crippen molar-refractivity contribution in [2.75, 3.05) is 46.8 Å². The van der Waals surface area contributed by atoms with Crippen LogP contribution in [-0.2, 0) is 0 Å². The van der Waals surface area contributed by atoms with Crippen LogP contribution in [0.1, 0.15) is 32.6 Å². The van der Waals surface area contributed by atoms with Crippen LogP contribution in [0.25, 0.3) is 0 Å². The van der Waals surface area contributed by atoms with Crippen LogP contribution in [-0.4, -0.2) is 74.7 Å². The molecule has 0 aromatic heterocycles. The molecule has 2 heterocycles. The van der Waals surface area contributed by atoms with Gasteiger partial charge in [0.2, 0.25) is 0 Å². The molecule has 2 aliphatic heterocycles. The van der Waals surface area contributed by atoms with E-state index in [1.54, 1.807) is 0 Å². The van der Waals surface area contributed by atoms with Gasteiger partial charge in [0.15, 0.2) is 5.96 Å². The molecule has 0 spiro atoms. The second kappa shape index (κ2) is 7.84. The second-order valence-electron chi connectivity index (χ2n) is 6.04. The van der Waals surface area contributed by atoms with E-state index in [1.165, 1.54) is 38.8 Å². The molecule has 20 heavy (non-hydrogen) atoms. The number of hydrogen-bond donors (Lipinski definition) is 2. The van der Waals surface area contributed by atoms with Crippen molar-refractivity contribution in [2.45, 2.75) is 44.7 Å². The largest absolute Gasteiger partial charge is 0.355 e. The van der Waals surface area contributed by atoms with Gasteiger partial charge in [0, 0.05) is 32.2 Å². The lowest BCUT2D eigenvalue weighted by atomic mass is 10.2. The van der Waals surface area contributed by atoms with Gasteiger partial charge in [-0.05, 0) is 52.4 Å². The Kier molecular flexibility index (Phi) is 6.10. The highest BCUT2D eigenvalue weighted by atomic mass is 15.2. The van der Waals surface area contributed by atoms with Crippen molar-refractivity contribution < 1.29 is 0 Å². The van der Waals surface area contributed by atoms with E-state index in [-0.39, 0.29) is 0 Å². The van der Waals surface area contributed by atoms with Gasteiger partial charge >= 0.3 is 0 Å². The molecular weight excluding hydrogens is 250 g/mol. The van der Waals surface area contributed by atoms with Gasteiger partial charge in [0.1, 0.15) is 0 Å². The van der Waals surface area contributed by atoms with Crippen molar-refractivity contribution in [1.82, 2.24) is 20.4 Å². The number of likely N-dealkylation sites (tertiary alicyclic amines) is 2. The minimum Gasteiger partial charge on any atom is -0.355 e. The van der Waals surface area contributed by atoms with Crippen LogP contribution in [0.5, 0.6) is 0 Å². The molecule has 0 aliphatic carbocycles. The second-order valence-corrected chi connectivity index (χ2v) is 6.04. The Morgan fingerprint density at radius 2 is 1.75 bits per heavy atom. The molecule has 5 heteroatoms. The summed E-state index contributed by atoms with van der Waals surface area (Å²) in [6.07, 6.45) is 5.26. The van der Waals surface area contributed by atoms with Gasteiger partial charge in [-0.2, -0.15) is 0 Å². The van der Waals surface area contributed by atoms with Gasteiger partial charge in [-0.3, -0.25) is 9.89 Å². The summed E-state index contributed by atoms with van der Waals surface area (Å²) in [4.78, 5) is 9.34. The number of guanidine groups is 1. The molecule has 116 valence electrons. The Hall–Kier alpha value is -0.810. The summed E-state index contributed by atoms with van der Waals surface area (Å²) in [5.41, 5.74) is 0. The fourth-order valence-corrected chi connectivity index (χ4v) is 3.43. The summed E-state index contributed by atoms with van der Waals surface area (Å²) in [6, 6.07) is 1.33. The van der Waals surface area contributed by atoms with Gasteiger partial charge < -0.3 is 15.5 Å². The zero-order valence-corrected chi connectivity index (χ0v) is 13.4. The summed E-state index contributed by atoms with van der Waals surface area (Å²) in [7, 11) is 4.08. The molecule has 2 rings (SSSR count). The van der Waals surface area contributed by atoms with Crippen LogP contribution in [0.4, 0.5) is 0 Å². The average Bonchev–Trinajstić information content (AvgIpc) is 3.08. The average molecular weight is 281 g/mol. The molecule has 0 aromatic carbocycles. The third-order valence-corrected chi connectivity index (χ3v) is 4.81. The number of likely N-dealkylation sites (N-methyl/N-ethyl adjacent to an activating group) is 2. The van der Waals surface area contributed by atoms with Crippen LogP contribution in [0.15, 0.2) is 4.99 Å². The highest BCUT2D eigenvalue weighted by molar-refractivity contribution is 5.79. The number of nitrogens with one attached hydrogen (secondary N) is 2. The Morgan fingerprint density at radius 3 is 2.35 bits per heavy atom. The minimum absolute atomic E-state index is 0.659. The number of rotatable bonds is 5. The van der Waals surface area contributed by atoms with Crippen molar-refractivity contribution >= 4 is 5.96 Å². The SMILES string of the molecule is CCN1CCCC1CNC(=NC)NCC1CCCN1C. The molecule has 0 aromatic rings. The van der Waals surface area contributed by atoms with E-state index in [0.29, 0.717) is 12.1 Å². The lowest BCUT2D eigenvalue weighted by Gasteiger charge is -2.25. The van der Waals surface area contributed by atoms with Crippen LogP contribution in [0.3, 0.4) is 0 Å². The lowest BCUT2D eigenvalue weighted by Crippen LogP contribution is -2.47. The van der Waals surface area contributed by atoms with Crippen LogP contribution in [0.2, 0.25) is 0 Å². The first kappa shape index (κ1) is 15.6. The standard InChI is InChI=1S/C15H31N5/c1-4-20-10-6-8-14(20)12-18-15(16-2)17-11-13-7-5-9-19(13)3/h13-14H,4-12H2,1-3H3,(H2,16,17,18). The maximum atomic E-state index is 4.34. The maximum Gasteiger partial charge on any atom is 0.191 e. The molecule has 0 amide bonds. The van der Waals surface area contributed by atoms with Gasteiger partial charge in [-0.15, -0.1) is 0 Å². The molecule has 2 fully saturated rings. The van der Waals surface area contributed by atoms with Gasteiger partial charge in [-0.25, -0.2) is 0 Å². The summed E-state index contributed by atoms with van der Waals surface area (Å²) in [5, 5.41) is 6.97. The number of hydrogen-bond acceptors (Lipinski definition) is 3. The molecule has 2 saturated heterocycles. The molecule has 2 N–H and O–H groups in total. The van der Waals surface area contributed by atoms with E-state index in [9.17, 15) is 0 Å². The predicted octanol–water partition coefficient (Wildman–Crippen LogP) is 0.730. The summed E-state index contributed by atoms with van der Waals surface area (Å²) >= 11 is 0. The topological polar surface area (TPSA) is 42.9 Å². The highest BCUT2D eigenvalue weighted by Gasteiger charge is 2.23. The molecule has 2 aliphatic rings. The van der Waals surface area contributed by atoms with E-state index < -0.39 is 0 Å². The summed E-state index contributed by atoms with van der Waals surface area (Å²) in [5.74, 6) is 0.952. The molecule has 5 nitrogen and oxygen atoms in total. The van der Waals surface area contributed by atoms with E-state index in [2.05, 4.69) is 39.4 Å². The van der Waals surface area contributed by atoms with E-state index in [1.807, 2.05) is 7.05 Å². The highest BCUT2D eigenvalue weighted by Crippen LogP contribution is 2.15. The van der Waals surface area contributed by atoms with Gasteiger partial charge in [-0.1, -0.05) is 6.92 Å². The van der Waals surface area contributed by atoms with Crippen LogP contribution >= 0.6 is 0 Å². The minimum atomic E-state index is 0.659. The van der Waals surface area contributed by atoms with Crippen molar-refractivity contribution in [3.8, 4) is 0 Å². The Bertz CT molecular complexity index is 317. The van der Waals surface area contributed by atoms with Crippen molar-refractivity contribution in [1.29, 1.82) is 0 Å². The molecular formula is C15H31N5. The van der Waals surface area contributed by atoms with E-state index in [4.69, 9.17) is 0 Å². The summed E-state index contributed by atoms with van der Waals surface area (Å²) < 4.78 is 0. The quantitative estimate of drug-likeness (QED) is 0.576. The predicted molar refractivity (Wildman–Crippen MR) is 85.3 cm³/mol. The molecule has 2 unspecified atom stereocenters. The van der Waals surface area contributed by atoms with Crippen molar-refractivity contribution in [3.05, 3.63) is 0 Å². The number of nitrogens with zero attached hydrogens (tertiary/aromatic N) is 3. The smallest absolute Gasteiger partial charge is 0.191 e. The summed E-state index contributed by atoms with van der Waals surface area (Å²) in [6.45, 7) is 7.90. The zero-order chi connectivity index (χ0) is 14.4. The maximum absolute atomic E-state index is 4.34. The van der Waals surface area contributed by atoms with Crippen LogP contribution in [0, 0.1) is 0 Å². The Balaban J connectivity index is 1.70. The number of aliphatic imine (C=N–C) groups is 1. The van der Waals surface area contributed by atoms with Crippen LogP contribution < -0.4 is 10.6 Å². The third-order valence-electron chi connectivity index (χ3n) is 4.81. The fourth-order valence-electron chi connectivity index (χ4n) is 3.43. The fraction of sp³-hybridized carbons (Fsp3) is 0.933. The Labute approximate surface area is 123 Å². The van der Waals surface area contributed by atoms with E-state index >= 15 is 0 Å². The van der Waals surface area contributed by atoms with Crippen molar-refractivity contribution in [3.63, 3.8) is 0 Å². The molecule has 0 saturated carbocycles. The first-order chi connectivity index (χ1) is 9.74. The molecule has 2 atom stereocenters. The first-order valence-corrected chi connectivity index (χ1v) is 8.13. The van der Waals surface area contributed by atoms with Crippen molar-refractivity contribution in [2.24, 2.45) is 4.99 Å². The monoisotopic (exact) mass is 281 g/mol. The zero-order valence-electron chi connectivity index (χ0n) is 13.4. The normalized spacial score (nSPS) is 29.1.